The molecule has 13 nitrogen and oxygen atoms in total. The number of fused-ring (bicyclic) bond motifs is 1. The van der Waals surface area contributed by atoms with Crippen LogP contribution in [0.25, 0.3) is 12.2 Å². The third kappa shape index (κ3) is 11.6. The normalized spacial score (nSPS) is 21.8. The van der Waals surface area contributed by atoms with Crippen LogP contribution in [0.1, 0.15) is 60.8 Å². The van der Waals surface area contributed by atoms with Crippen LogP contribution in [0.5, 0.6) is 0 Å². The third-order valence-electron chi connectivity index (χ3n) is 9.63. The number of hydrazine groups is 1. The first-order valence-corrected chi connectivity index (χ1v) is 21.9. The van der Waals surface area contributed by atoms with Crippen molar-refractivity contribution in [2.75, 3.05) is 26.9 Å². The predicted octanol–water partition coefficient (Wildman–Crippen LogP) is 2.22. The number of nitrogens with zero attached hydrogens (tertiary/aromatic N) is 2. The molecular formula is C38H59N5O8Si. The first-order chi connectivity index (χ1) is 24.3. The van der Waals surface area contributed by atoms with Gasteiger partial charge in [0.15, 0.2) is 0 Å². The van der Waals surface area contributed by atoms with Crippen LogP contribution in [0.15, 0.2) is 30.5 Å². The summed E-state index contributed by atoms with van der Waals surface area (Å²) in [5.41, 5.74) is 0.844. The Balaban J connectivity index is 1.89. The fraction of sp³-hybridized carbons (Fsp3) is 0.632. The summed E-state index contributed by atoms with van der Waals surface area (Å²) in [5, 5.41) is 8.76. The molecular weight excluding hydrogens is 683 g/mol. The van der Waals surface area contributed by atoms with Gasteiger partial charge >= 0.3 is 11.9 Å². The molecule has 0 spiro atoms. The van der Waals surface area contributed by atoms with E-state index in [9.17, 15) is 24.0 Å². The Labute approximate surface area is 309 Å². The van der Waals surface area contributed by atoms with Gasteiger partial charge in [0.25, 0.3) is 5.91 Å². The number of carbonyl (C=O) groups excluding carboxylic acids is 5. The summed E-state index contributed by atoms with van der Waals surface area (Å²) in [4.78, 5) is 70.0. The second kappa shape index (κ2) is 18.2. The summed E-state index contributed by atoms with van der Waals surface area (Å²) in [5.74, 6) is -2.59. The summed E-state index contributed by atoms with van der Waals surface area (Å²) in [6.07, 6.45) is 10.4. The number of pyridine rings is 1. The fourth-order valence-corrected chi connectivity index (χ4v) is 6.86. The topological polar surface area (TPSA) is 165 Å². The molecule has 3 N–H and O–H groups in total. The molecule has 1 aromatic heterocycles. The Kier molecular flexibility index (Phi) is 14.9. The van der Waals surface area contributed by atoms with E-state index >= 15 is 0 Å². The molecule has 14 heteroatoms. The van der Waals surface area contributed by atoms with E-state index in [4.69, 9.17) is 14.2 Å². The number of ether oxygens (including phenoxy) is 3. The molecule has 3 rings (SSSR count). The summed E-state index contributed by atoms with van der Waals surface area (Å²) in [6, 6.07) is 2.17. The average molecular weight is 742 g/mol. The number of hydrogen-bond acceptors (Lipinski definition) is 10. The van der Waals surface area contributed by atoms with Gasteiger partial charge < -0.3 is 24.8 Å². The minimum absolute atomic E-state index is 0.0414. The first kappa shape index (κ1) is 42.5. The highest BCUT2D eigenvalue weighted by Gasteiger charge is 2.40. The van der Waals surface area contributed by atoms with Gasteiger partial charge in [0.1, 0.15) is 24.2 Å². The number of esters is 2. The highest BCUT2D eigenvalue weighted by molar-refractivity contribution is 6.76. The largest absolute Gasteiger partial charge is 0.468 e. The molecule has 0 radical (unpaired) electrons. The lowest BCUT2D eigenvalue weighted by atomic mass is 9.74. The molecule has 2 heterocycles. The summed E-state index contributed by atoms with van der Waals surface area (Å²) >= 11 is 0. The lowest BCUT2D eigenvalue weighted by Crippen LogP contribution is -2.61. The minimum Gasteiger partial charge on any atom is -0.468 e. The van der Waals surface area contributed by atoms with Crippen molar-refractivity contribution in [1.82, 2.24) is 26.1 Å². The molecule has 1 fully saturated rings. The van der Waals surface area contributed by atoms with E-state index in [2.05, 4.69) is 40.7 Å². The zero-order valence-corrected chi connectivity index (χ0v) is 33.5. The Morgan fingerprint density at radius 2 is 1.87 bits per heavy atom. The van der Waals surface area contributed by atoms with Crippen molar-refractivity contribution in [1.29, 1.82) is 0 Å². The summed E-state index contributed by atoms with van der Waals surface area (Å²) < 4.78 is 16.7. The molecule has 288 valence electrons. The van der Waals surface area contributed by atoms with Crippen molar-refractivity contribution in [2.24, 2.45) is 16.7 Å². The molecule has 0 saturated carbocycles. The van der Waals surface area contributed by atoms with Crippen LogP contribution >= 0.6 is 0 Å². The average Bonchev–Trinajstić information content (AvgIpc) is 3.09. The molecule has 1 saturated heterocycles. The van der Waals surface area contributed by atoms with E-state index < -0.39 is 72.8 Å². The van der Waals surface area contributed by atoms with Crippen LogP contribution < -0.4 is 26.6 Å². The number of carbonyl (C=O) groups is 5. The number of rotatable bonds is 16. The second-order valence-electron chi connectivity index (χ2n) is 15.8. The number of nitrogens with one attached hydrogen (secondary N) is 3. The van der Waals surface area contributed by atoms with Gasteiger partial charge in [-0.3, -0.25) is 34.0 Å². The fourth-order valence-electron chi connectivity index (χ4n) is 6.11. The molecule has 3 amide bonds. The van der Waals surface area contributed by atoms with Crippen LogP contribution in [-0.4, -0.2) is 98.8 Å². The van der Waals surface area contributed by atoms with E-state index in [-0.39, 0.29) is 12.5 Å². The lowest BCUT2D eigenvalue weighted by molar-refractivity contribution is -0.151. The van der Waals surface area contributed by atoms with Gasteiger partial charge in [-0.2, -0.15) is 0 Å². The number of hydrogen-bond donors (Lipinski definition) is 3. The first-order valence-electron chi connectivity index (χ1n) is 18.2. The second-order valence-corrected chi connectivity index (χ2v) is 21.4. The van der Waals surface area contributed by atoms with Crippen molar-refractivity contribution in [3.63, 3.8) is 0 Å². The zero-order chi connectivity index (χ0) is 38.9. The summed E-state index contributed by atoms with van der Waals surface area (Å²) in [6.45, 7) is 17.8. The van der Waals surface area contributed by atoms with Crippen molar-refractivity contribution < 1.29 is 38.2 Å². The Bertz CT molecular complexity index is 1610. The standard InChI is InChI=1S/C38H59N5O8Si/c1-25(2)32(33(45)40-26(3)34(46)43-20-12-14-30(42-43)35(47)49-7)41-36(48)37(6,24-50-21-22-52(8,9)10)17-18-38(27(4)51-28(5)44)16-15-29-13-11-19-39-31(29)23-38/h11,13,15,17-19,23,25-27,30,32,42H,12,14,16,20-22,24H2,1-10H3,(H,40,45)(H,41,48)/b18-17+/t26-,27+,30-,32-,37+,38?/m0/s1. The molecule has 1 unspecified atom stereocenters. The number of methoxy groups -OCH3 is 1. The van der Waals surface area contributed by atoms with E-state index in [0.717, 1.165) is 16.6 Å². The van der Waals surface area contributed by atoms with Gasteiger partial charge in [-0.15, -0.1) is 0 Å². The van der Waals surface area contributed by atoms with Gasteiger partial charge in [-0.05, 0) is 69.4 Å². The van der Waals surface area contributed by atoms with Gasteiger partial charge in [-0.1, -0.05) is 57.8 Å². The molecule has 6 atom stereocenters. The number of aromatic nitrogens is 1. The number of amides is 3. The molecule has 52 heavy (non-hydrogen) atoms. The van der Waals surface area contributed by atoms with E-state index in [0.29, 0.717) is 32.4 Å². The van der Waals surface area contributed by atoms with Gasteiger partial charge in [-0.25, -0.2) is 5.43 Å². The van der Waals surface area contributed by atoms with E-state index in [1.807, 2.05) is 51.1 Å². The molecule has 1 aromatic rings. The molecule has 1 aliphatic carbocycles. The van der Waals surface area contributed by atoms with Crippen molar-refractivity contribution in [3.05, 3.63) is 41.0 Å². The van der Waals surface area contributed by atoms with Crippen LogP contribution in [0.2, 0.25) is 25.7 Å². The third-order valence-corrected chi connectivity index (χ3v) is 11.3. The van der Waals surface area contributed by atoms with E-state index in [1.54, 1.807) is 26.1 Å². The highest BCUT2D eigenvalue weighted by Crippen LogP contribution is 2.37. The quantitative estimate of drug-likeness (QED) is 0.0991. The maximum absolute atomic E-state index is 14.3. The van der Waals surface area contributed by atoms with Crippen LogP contribution in [0.4, 0.5) is 0 Å². The monoisotopic (exact) mass is 741 g/mol. The molecule has 0 bridgehead atoms. The van der Waals surface area contributed by atoms with Crippen molar-refractivity contribution >= 4 is 49.9 Å². The van der Waals surface area contributed by atoms with Crippen molar-refractivity contribution in [2.45, 2.75) is 111 Å². The zero-order valence-electron chi connectivity index (χ0n) is 32.5. The predicted molar refractivity (Wildman–Crippen MR) is 201 cm³/mol. The molecule has 1 aliphatic heterocycles. The Morgan fingerprint density at radius 1 is 1.15 bits per heavy atom. The molecule has 2 aliphatic rings. The maximum Gasteiger partial charge on any atom is 0.324 e. The van der Waals surface area contributed by atoms with Gasteiger partial charge in [0.05, 0.1) is 24.5 Å². The highest BCUT2D eigenvalue weighted by atomic mass is 28.3. The Morgan fingerprint density at radius 3 is 2.50 bits per heavy atom. The smallest absolute Gasteiger partial charge is 0.324 e. The maximum atomic E-state index is 14.3. The lowest BCUT2D eigenvalue weighted by Gasteiger charge is -2.36. The van der Waals surface area contributed by atoms with Crippen LogP contribution in [-0.2, 0) is 38.2 Å². The van der Waals surface area contributed by atoms with Crippen LogP contribution in [0, 0.1) is 16.7 Å². The summed E-state index contributed by atoms with van der Waals surface area (Å²) in [7, 11) is -0.136. The van der Waals surface area contributed by atoms with E-state index in [1.165, 1.54) is 19.0 Å². The minimum atomic E-state index is -1.43. The SMILES string of the molecule is COC(=O)[C@@H]1CCCN(C(=O)[C@H](C)NC(=O)[C@@H](NC(=O)[C@](C)(/C=C/C2([C@@H](C)OC(C)=O)C=c3ncccc3=CC2)COCC[Si](C)(C)C)C(C)C)N1. The Hall–Kier alpha value is -3.88. The molecule has 0 aromatic carbocycles. The van der Waals surface area contributed by atoms with Gasteiger partial charge in [0.2, 0.25) is 11.8 Å². The van der Waals surface area contributed by atoms with Crippen LogP contribution in [0.3, 0.4) is 0 Å². The van der Waals surface area contributed by atoms with Gasteiger partial charge in [0, 0.05) is 39.8 Å². The van der Waals surface area contributed by atoms with Crippen molar-refractivity contribution in [3.8, 4) is 0 Å².